The maximum Gasteiger partial charge on any atom is 0.228 e. The van der Waals surface area contributed by atoms with Gasteiger partial charge in [-0.3, -0.25) is 9.59 Å². The highest BCUT2D eigenvalue weighted by atomic mass is 32.1. The Hall–Kier alpha value is -1.21. The van der Waals surface area contributed by atoms with Gasteiger partial charge in [0.05, 0.1) is 6.42 Å². The predicted molar refractivity (Wildman–Crippen MR) is 81.1 cm³/mol. The van der Waals surface area contributed by atoms with E-state index < -0.39 is 0 Å². The third-order valence-electron chi connectivity index (χ3n) is 3.62. The lowest BCUT2D eigenvalue weighted by molar-refractivity contribution is -0.135. The van der Waals surface area contributed by atoms with Crippen LogP contribution in [0.2, 0.25) is 0 Å². The number of hydrogen-bond acceptors (Lipinski definition) is 4. The van der Waals surface area contributed by atoms with Crippen LogP contribution >= 0.6 is 23.6 Å². The van der Waals surface area contributed by atoms with Crippen LogP contribution in [0.4, 0.5) is 0 Å². The van der Waals surface area contributed by atoms with Gasteiger partial charge in [-0.1, -0.05) is 0 Å². The number of H-pyrrole nitrogens is 1. The Morgan fingerprint density at radius 2 is 2.25 bits per heavy atom. The molecule has 1 fully saturated rings. The van der Waals surface area contributed by atoms with Crippen molar-refractivity contribution < 1.29 is 9.59 Å². The van der Waals surface area contributed by atoms with Gasteiger partial charge in [0.15, 0.2) is 3.95 Å². The zero-order valence-corrected chi connectivity index (χ0v) is 13.1. The molecule has 1 aliphatic rings. The summed E-state index contributed by atoms with van der Waals surface area (Å²) >= 11 is 6.53. The van der Waals surface area contributed by atoms with Crippen LogP contribution in [0.25, 0.3) is 0 Å². The molecule has 0 spiro atoms. The summed E-state index contributed by atoms with van der Waals surface area (Å²) in [5.74, 6) is -0.285. The van der Waals surface area contributed by atoms with Crippen molar-refractivity contribution in [1.82, 2.24) is 9.88 Å². The van der Waals surface area contributed by atoms with Crippen LogP contribution in [-0.4, -0.2) is 34.3 Å². The molecule has 3 N–H and O–H groups in total. The van der Waals surface area contributed by atoms with E-state index in [0.717, 1.165) is 29.8 Å². The summed E-state index contributed by atoms with van der Waals surface area (Å²) in [6, 6.07) is -0.0408. The summed E-state index contributed by atoms with van der Waals surface area (Å²) in [6.45, 7) is 2.64. The van der Waals surface area contributed by atoms with E-state index in [2.05, 4.69) is 4.98 Å². The van der Waals surface area contributed by atoms with E-state index in [1.807, 2.05) is 11.8 Å². The Balaban J connectivity index is 2.07. The molecule has 1 atom stereocenters. The van der Waals surface area contributed by atoms with E-state index in [-0.39, 0.29) is 24.3 Å². The number of amides is 2. The number of nitrogens with one attached hydrogen (secondary N) is 1. The second kappa shape index (κ2) is 6.49. The molecule has 2 amide bonds. The van der Waals surface area contributed by atoms with Crippen LogP contribution in [0.3, 0.4) is 0 Å². The first-order chi connectivity index (χ1) is 9.47. The minimum atomic E-state index is -0.344. The average molecular weight is 313 g/mol. The number of aryl methyl sites for hydroxylation is 1. The van der Waals surface area contributed by atoms with Gasteiger partial charge >= 0.3 is 0 Å². The van der Waals surface area contributed by atoms with Gasteiger partial charge in [-0.05, 0) is 38.4 Å². The lowest BCUT2D eigenvalue weighted by Gasteiger charge is -2.35. The highest BCUT2D eigenvalue weighted by molar-refractivity contribution is 7.73. The van der Waals surface area contributed by atoms with Crippen LogP contribution in [0.5, 0.6) is 0 Å². The molecule has 0 saturated carbocycles. The molecular formula is C13H19N3O2S2. The number of carbonyl (C=O) groups excluding carboxylic acids is 2. The van der Waals surface area contributed by atoms with Crippen molar-refractivity contribution in [1.29, 1.82) is 0 Å². The molecule has 0 radical (unpaired) electrons. The number of carbonyl (C=O) groups is 2. The number of thiazole rings is 1. The molecule has 0 bridgehead atoms. The molecule has 1 aromatic rings. The molecule has 0 aliphatic carbocycles. The average Bonchev–Trinajstić information content (AvgIpc) is 2.67. The number of aromatic amines is 1. The topological polar surface area (TPSA) is 79.2 Å². The largest absolute Gasteiger partial charge is 0.370 e. The van der Waals surface area contributed by atoms with Gasteiger partial charge < -0.3 is 15.6 Å². The highest BCUT2D eigenvalue weighted by Gasteiger charge is 2.28. The molecule has 2 heterocycles. The van der Waals surface area contributed by atoms with Gasteiger partial charge in [-0.25, -0.2) is 0 Å². The molecule has 20 heavy (non-hydrogen) atoms. The second-order valence-electron chi connectivity index (χ2n) is 5.15. The van der Waals surface area contributed by atoms with Crippen molar-refractivity contribution in [3.8, 4) is 0 Å². The molecule has 110 valence electrons. The van der Waals surface area contributed by atoms with E-state index in [1.54, 1.807) is 0 Å². The predicted octanol–water partition coefficient (Wildman–Crippen LogP) is 1.91. The Bertz CT molecular complexity index is 564. The van der Waals surface area contributed by atoms with Crippen LogP contribution in [0.1, 0.15) is 36.3 Å². The summed E-state index contributed by atoms with van der Waals surface area (Å²) in [7, 11) is 0. The zero-order chi connectivity index (χ0) is 14.7. The van der Waals surface area contributed by atoms with Crippen molar-refractivity contribution in [3.63, 3.8) is 0 Å². The number of primary amides is 1. The number of piperidine rings is 1. The zero-order valence-electron chi connectivity index (χ0n) is 11.5. The number of rotatable bonds is 4. The smallest absolute Gasteiger partial charge is 0.228 e. The molecule has 2 rings (SSSR count). The third-order valence-corrected chi connectivity index (χ3v) is 4.96. The van der Waals surface area contributed by atoms with Crippen molar-refractivity contribution in [2.24, 2.45) is 5.73 Å². The molecular weight excluding hydrogens is 294 g/mol. The normalized spacial score (nSPS) is 19.1. The standard InChI is InChI=1S/C13H19N3O2S2/c1-8-10(20-13(19)15-8)7-12(18)16-5-3-2-4-9(16)6-11(14)17/h9H,2-7H2,1H3,(H2,14,17)(H,15,19)/t9-/m1/s1. The molecule has 1 saturated heterocycles. The van der Waals surface area contributed by atoms with E-state index in [1.165, 1.54) is 11.3 Å². The van der Waals surface area contributed by atoms with Gasteiger partial charge in [-0.2, -0.15) is 0 Å². The summed E-state index contributed by atoms with van der Waals surface area (Å²) in [6.07, 6.45) is 3.50. The Morgan fingerprint density at radius 1 is 1.50 bits per heavy atom. The molecule has 7 heteroatoms. The highest BCUT2D eigenvalue weighted by Crippen LogP contribution is 2.22. The van der Waals surface area contributed by atoms with Gasteiger partial charge in [-0.15, -0.1) is 11.3 Å². The molecule has 0 unspecified atom stereocenters. The van der Waals surface area contributed by atoms with Crippen LogP contribution in [-0.2, 0) is 16.0 Å². The summed E-state index contributed by atoms with van der Waals surface area (Å²) in [5, 5.41) is 0. The Morgan fingerprint density at radius 3 is 2.85 bits per heavy atom. The summed E-state index contributed by atoms with van der Waals surface area (Å²) in [5.41, 5.74) is 6.23. The lowest BCUT2D eigenvalue weighted by atomic mass is 9.98. The number of hydrogen-bond donors (Lipinski definition) is 2. The Kier molecular flexibility index (Phi) is 4.93. The summed E-state index contributed by atoms with van der Waals surface area (Å²) in [4.78, 5) is 29.4. The SMILES string of the molecule is Cc1[nH]c(=S)sc1CC(=O)N1CCCC[C@@H]1CC(N)=O. The number of nitrogens with two attached hydrogens (primary N) is 1. The van der Waals surface area contributed by atoms with Crippen LogP contribution in [0.15, 0.2) is 0 Å². The first-order valence-electron chi connectivity index (χ1n) is 6.73. The van der Waals surface area contributed by atoms with E-state index in [0.29, 0.717) is 16.9 Å². The van der Waals surface area contributed by atoms with Crippen LogP contribution < -0.4 is 5.73 Å². The first kappa shape index (κ1) is 15.2. The maximum absolute atomic E-state index is 12.5. The minimum Gasteiger partial charge on any atom is -0.370 e. The monoisotopic (exact) mass is 313 g/mol. The minimum absolute atomic E-state index is 0.0408. The number of likely N-dealkylation sites (tertiary alicyclic amines) is 1. The van der Waals surface area contributed by atoms with Crippen molar-refractivity contribution in [2.75, 3.05) is 6.54 Å². The fourth-order valence-corrected chi connectivity index (χ4v) is 3.90. The van der Waals surface area contributed by atoms with Crippen molar-refractivity contribution in [3.05, 3.63) is 14.5 Å². The van der Waals surface area contributed by atoms with E-state index in [4.69, 9.17) is 18.0 Å². The molecule has 1 aliphatic heterocycles. The van der Waals surface area contributed by atoms with Crippen LogP contribution in [0, 0.1) is 10.9 Å². The van der Waals surface area contributed by atoms with E-state index >= 15 is 0 Å². The second-order valence-corrected chi connectivity index (χ2v) is 6.92. The van der Waals surface area contributed by atoms with Crippen molar-refractivity contribution in [2.45, 2.75) is 45.1 Å². The van der Waals surface area contributed by atoms with Gasteiger partial charge in [0.2, 0.25) is 11.8 Å². The summed E-state index contributed by atoms with van der Waals surface area (Å²) < 4.78 is 0.692. The maximum atomic E-state index is 12.5. The fraction of sp³-hybridized carbons (Fsp3) is 0.615. The fourth-order valence-electron chi connectivity index (χ4n) is 2.62. The van der Waals surface area contributed by atoms with E-state index in [9.17, 15) is 9.59 Å². The van der Waals surface area contributed by atoms with Gasteiger partial charge in [0.25, 0.3) is 0 Å². The Labute approximate surface area is 127 Å². The van der Waals surface area contributed by atoms with Crippen molar-refractivity contribution >= 4 is 35.4 Å². The molecule has 1 aromatic heterocycles. The number of aromatic nitrogens is 1. The third kappa shape index (κ3) is 3.67. The quantitative estimate of drug-likeness (QED) is 0.833. The van der Waals surface area contributed by atoms with Gasteiger partial charge in [0, 0.05) is 29.6 Å². The molecule has 5 nitrogen and oxygen atoms in total. The molecule has 0 aromatic carbocycles. The lowest BCUT2D eigenvalue weighted by Crippen LogP contribution is -2.46. The number of nitrogens with zero attached hydrogens (tertiary/aromatic N) is 1. The van der Waals surface area contributed by atoms with Gasteiger partial charge in [0.1, 0.15) is 0 Å². The first-order valence-corrected chi connectivity index (χ1v) is 7.96.